The number of benzene rings is 3. The van der Waals surface area contributed by atoms with E-state index in [0.29, 0.717) is 6.61 Å². The van der Waals surface area contributed by atoms with Gasteiger partial charge in [0.1, 0.15) is 0 Å². The van der Waals surface area contributed by atoms with Crippen LogP contribution < -0.4 is 0 Å². The third-order valence-corrected chi connectivity index (χ3v) is 3.04. The zero-order chi connectivity index (χ0) is 19.5. The molecule has 0 spiro atoms. The van der Waals surface area contributed by atoms with Crippen molar-refractivity contribution in [2.75, 3.05) is 6.61 Å². The molecule has 0 fully saturated rings. The van der Waals surface area contributed by atoms with Gasteiger partial charge in [-0.25, -0.2) is 0 Å². The van der Waals surface area contributed by atoms with Gasteiger partial charge >= 0.3 is 0 Å². The standard InChI is InChI=1S/3C7H7.C4H10O.Hf/c3*1-7-5-3-2-4-6-7;1-2-3-4-5;/h3*2-6H,1H2;5H,2-4H2,1H3;/q3*-1;;. The predicted molar refractivity (Wildman–Crippen MR) is 115 cm³/mol. The molecule has 2 heteroatoms. The molecule has 0 atom stereocenters. The molecule has 27 heavy (non-hydrogen) atoms. The van der Waals surface area contributed by atoms with Crippen LogP contribution in [0.5, 0.6) is 0 Å². The molecule has 0 unspecified atom stereocenters. The van der Waals surface area contributed by atoms with E-state index in [1.165, 1.54) is 0 Å². The van der Waals surface area contributed by atoms with Crippen molar-refractivity contribution in [3.63, 3.8) is 0 Å². The van der Waals surface area contributed by atoms with Crippen LogP contribution in [0, 0.1) is 20.8 Å². The zero-order valence-electron chi connectivity index (χ0n) is 16.4. The van der Waals surface area contributed by atoms with Gasteiger partial charge in [-0.1, -0.05) is 31.5 Å². The van der Waals surface area contributed by atoms with Crippen molar-refractivity contribution >= 4 is 0 Å². The van der Waals surface area contributed by atoms with Gasteiger partial charge in [0.2, 0.25) is 0 Å². The summed E-state index contributed by atoms with van der Waals surface area (Å²) in [5.74, 6) is 0. The van der Waals surface area contributed by atoms with E-state index in [1.807, 2.05) is 91.0 Å². The second kappa shape index (κ2) is 20.4. The van der Waals surface area contributed by atoms with Crippen LogP contribution in [0.4, 0.5) is 0 Å². The van der Waals surface area contributed by atoms with Crippen molar-refractivity contribution in [3.8, 4) is 0 Å². The van der Waals surface area contributed by atoms with Crippen molar-refractivity contribution in [2.24, 2.45) is 0 Å². The summed E-state index contributed by atoms with van der Waals surface area (Å²) in [7, 11) is 0. The Hall–Kier alpha value is -1.90. The van der Waals surface area contributed by atoms with Gasteiger partial charge in [-0.2, -0.15) is 73.9 Å². The number of rotatable bonds is 2. The third kappa shape index (κ3) is 20.3. The summed E-state index contributed by atoms with van der Waals surface area (Å²) in [5, 5.41) is 8.07. The molecule has 0 aliphatic rings. The van der Waals surface area contributed by atoms with E-state index in [2.05, 4.69) is 27.7 Å². The summed E-state index contributed by atoms with van der Waals surface area (Å²) in [6.45, 7) is 13.6. The fourth-order valence-corrected chi connectivity index (χ4v) is 1.59. The van der Waals surface area contributed by atoms with Crippen molar-refractivity contribution in [2.45, 2.75) is 19.8 Å². The van der Waals surface area contributed by atoms with E-state index in [1.54, 1.807) is 0 Å². The number of aliphatic hydroxyl groups excluding tert-OH is 1. The second-order valence-corrected chi connectivity index (χ2v) is 5.53. The van der Waals surface area contributed by atoms with Crippen LogP contribution in [-0.2, 0) is 25.8 Å². The van der Waals surface area contributed by atoms with Crippen molar-refractivity contribution < 1.29 is 30.9 Å². The topological polar surface area (TPSA) is 20.2 Å². The molecule has 0 bridgehead atoms. The fraction of sp³-hybridized carbons (Fsp3) is 0.160. The summed E-state index contributed by atoms with van der Waals surface area (Å²) in [5.41, 5.74) is 3.22. The molecule has 1 N–H and O–H groups in total. The number of hydrogen-bond acceptors (Lipinski definition) is 1. The van der Waals surface area contributed by atoms with Gasteiger partial charge in [-0.3, -0.25) is 0 Å². The van der Waals surface area contributed by atoms with Gasteiger partial charge in [0.15, 0.2) is 0 Å². The molecule has 3 aromatic carbocycles. The Morgan fingerprint density at radius 3 is 0.926 bits per heavy atom. The Bertz CT molecular complexity index is 533. The smallest absolute Gasteiger partial charge is 0.0430 e. The van der Waals surface area contributed by atoms with Crippen molar-refractivity contribution in [1.29, 1.82) is 0 Å². The van der Waals surface area contributed by atoms with Crippen LogP contribution in [0.25, 0.3) is 0 Å². The summed E-state index contributed by atoms with van der Waals surface area (Å²) >= 11 is 0. The maximum Gasteiger partial charge on any atom is 0.0430 e. The van der Waals surface area contributed by atoms with Gasteiger partial charge in [-0.05, 0) is 6.42 Å². The van der Waals surface area contributed by atoms with Crippen molar-refractivity contribution in [1.82, 2.24) is 0 Å². The Morgan fingerprint density at radius 2 is 0.852 bits per heavy atom. The molecule has 0 aliphatic carbocycles. The number of aliphatic hydroxyl groups is 1. The van der Waals surface area contributed by atoms with Crippen LogP contribution in [-0.4, -0.2) is 11.7 Å². The van der Waals surface area contributed by atoms with E-state index in [0.717, 1.165) is 29.5 Å². The molecule has 0 aromatic heterocycles. The van der Waals surface area contributed by atoms with Crippen LogP contribution in [0.2, 0.25) is 0 Å². The van der Waals surface area contributed by atoms with Crippen molar-refractivity contribution in [3.05, 3.63) is 128 Å². The minimum absolute atomic E-state index is 0. The van der Waals surface area contributed by atoms with Crippen LogP contribution >= 0.6 is 0 Å². The molecular weight excluding hydrogens is 495 g/mol. The first-order chi connectivity index (χ1) is 12.6. The first-order valence-corrected chi connectivity index (χ1v) is 8.82. The molecular formula is C25H31HfO-3. The third-order valence-electron chi connectivity index (χ3n) is 3.04. The predicted octanol–water partition coefficient (Wildman–Crippen LogP) is 6.38. The molecule has 0 aliphatic heterocycles. The average Bonchev–Trinajstić information content (AvgIpc) is 2.66. The Labute approximate surface area is 185 Å². The van der Waals surface area contributed by atoms with Gasteiger partial charge in [-0.15, -0.1) is 36.4 Å². The SMILES string of the molecule is CCCCO.[CH2-]c1ccccc1.[CH2-]c1ccccc1.[CH2-]c1ccccc1.[Hf]. The van der Waals surface area contributed by atoms with Crippen LogP contribution in [0.3, 0.4) is 0 Å². The normalized spacial score (nSPS) is 8.22. The van der Waals surface area contributed by atoms with E-state index in [9.17, 15) is 0 Å². The Balaban J connectivity index is 0. The number of unbranched alkanes of at least 4 members (excludes halogenated alkanes) is 1. The van der Waals surface area contributed by atoms with Gasteiger partial charge in [0, 0.05) is 32.5 Å². The van der Waals surface area contributed by atoms with E-state index in [4.69, 9.17) is 5.11 Å². The summed E-state index contributed by atoms with van der Waals surface area (Å²) < 4.78 is 0. The maximum absolute atomic E-state index is 8.07. The first kappa shape index (κ1) is 27.3. The quantitative estimate of drug-likeness (QED) is 0.304. The summed E-state index contributed by atoms with van der Waals surface area (Å²) in [6.07, 6.45) is 2.04. The van der Waals surface area contributed by atoms with Crippen LogP contribution in [0.1, 0.15) is 36.5 Å². The van der Waals surface area contributed by atoms with Crippen LogP contribution in [0.15, 0.2) is 91.0 Å². The van der Waals surface area contributed by atoms with E-state index in [-0.39, 0.29) is 25.8 Å². The van der Waals surface area contributed by atoms with E-state index < -0.39 is 0 Å². The monoisotopic (exact) mass is 527 g/mol. The molecule has 144 valence electrons. The van der Waals surface area contributed by atoms with Gasteiger partial charge in [0.05, 0.1) is 0 Å². The Kier molecular flexibility index (Phi) is 20.7. The molecule has 1 nitrogen and oxygen atoms in total. The number of hydrogen-bond donors (Lipinski definition) is 1. The molecule has 3 aromatic rings. The molecule has 0 radical (unpaired) electrons. The van der Waals surface area contributed by atoms with Gasteiger partial charge < -0.3 is 5.11 Å². The maximum atomic E-state index is 8.07. The second-order valence-electron chi connectivity index (χ2n) is 5.53. The van der Waals surface area contributed by atoms with Gasteiger partial charge in [0.25, 0.3) is 0 Å². The van der Waals surface area contributed by atoms with E-state index >= 15 is 0 Å². The molecule has 0 amide bonds. The molecule has 0 heterocycles. The summed E-state index contributed by atoms with van der Waals surface area (Å²) in [4.78, 5) is 0. The fourth-order valence-electron chi connectivity index (χ4n) is 1.59. The largest absolute Gasteiger partial charge is 0.396 e. The summed E-state index contributed by atoms with van der Waals surface area (Å²) in [6, 6.07) is 29.6. The first-order valence-electron chi connectivity index (χ1n) is 8.82. The molecule has 0 saturated heterocycles. The average molecular weight is 526 g/mol. The minimum atomic E-state index is 0. The molecule has 0 saturated carbocycles. The zero-order valence-corrected chi connectivity index (χ0v) is 19.9. The minimum Gasteiger partial charge on any atom is -0.396 e. The molecule has 3 rings (SSSR count). The Morgan fingerprint density at radius 1 is 0.593 bits per heavy atom.